The van der Waals surface area contributed by atoms with E-state index in [-0.39, 0.29) is 17.4 Å². The van der Waals surface area contributed by atoms with Gasteiger partial charge in [-0.05, 0) is 31.1 Å². The predicted molar refractivity (Wildman–Crippen MR) is 68.7 cm³/mol. The third-order valence-electron chi connectivity index (χ3n) is 2.96. The summed E-state index contributed by atoms with van der Waals surface area (Å²) in [7, 11) is 0. The predicted octanol–water partition coefficient (Wildman–Crippen LogP) is 0.898. The Morgan fingerprint density at radius 3 is 2.47 bits per heavy atom. The lowest BCUT2D eigenvalue weighted by molar-refractivity contribution is -0.130. The fraction of sp³-hybridized carbons (Fsp3) is 0.923. The lowest BCUT2D eigenvalue weighted by Crippen LogP contribution is -2.49. The van der Waals surface area contributed by atoms with E-state index in [1.807, 2.05) is 6.92 Å². The highest BCUT2D eigenvalue weighted by molar-refractivity contribution is 5.81. The van der Waals surface area contributed by atoms with Crippen molar-refractivity contribution in [3.8, 4) is 0 Å². The largest absolute Gasteiger partial charge is 0.382 e. The molecule has 100 valence electrons. The molecule has 0 aromatic rings. The highest BCUT2D eigenvalue weighted by Gasteiger charge is 2.26. The Balaban J connectivity index is 2.23. The molecule has 0 saturated heterocycles. The molecule has 0 aromatic heterocycles. The number of amides is 1. The van der Waals surface area contributed by atoms with Gasteiger partial charge in [0, 0.05) is 19.1 Å². The van der Waals surface area contributed by atoms with Gasteiger partial charge in [-0.2, -0.15) is 0 Å². The van der Waals surface area contributed by atoms with Crippen LogP contribution in [0.2, 0.25) is 0 Å². The van der Waals surface area contributed by atoms with Gasteiger partial charge in [-0.1, -0.05) is 20.8 Å². The molecule has 0 aromatic carbocycles. The number of hydrogen-bond acceptors (Lipinski definition) is 3. The first-order chi connectivity index (χ1) is 7.79. The van der Waals surface area contributed by atoms with Crippen LogP contribution in [0.5, 0.6) is 0 Å². The molecule has 1 fully saturated rings. The van der Waals surface area contributed by atoms with Gasteiger partial charge in [-0.15, -0.1) is 0 Å². The smallest absolute Gasteiger partial charge is 0.250 e. The fourth-order valence-corrected chi connectivity index (χ4v) is 1.48. The second-order valence-corrected chi connectivity index (χ2v) is 6.36. The lowest BCUT2D eigenvalue weighted by Gasteiger charge is -2.25. The van der Waals surface area contributed by atoms with Crippen LogP contribution in [0.25, 0.3) is 0 Å². The number of carbonyl (C=O) groups is 1. The number of aliphatic hydroxyl groups is 1. The Morgan fingerprint density at radius 2 is 2.00 bits per heavy atom. The molecule has 1 aliphatic rings. The minimum absolute atomic E-state index is 0.151. The zero-order valence-corrected chi connectivity index (χ0v) is 11.4. The van der Waals surface area contributed by atoms with E-state index in [9.17, 15) is 9.90 Å². The minimum atomic E-state index is -0.962. The van der Waals surface area contributed by atoms with Gasteiger partial charge in [0.05, 0.1) is 0 Å². The van der Waals surface area contributed by atoms with E-state index in [1.165, 1.54) is 12.8 Å². The Labute approximate surface area is 104 Å². The summed E-state index contributed by atoms with van der Waals surface area (Å²) in [5.74, 6) is 0.384. The summed E-state index contributed by atoms with van der Waals surface area (Å²) in [4.78, 5) is 11.6. The molecule has 0 bridgehead atoms. The van der Waals surface area contributed by atoms with E-state index in [2.05, 4.69) is 31.4 Å². The molecule has 1 amide bonds. The van der Waals surface area contributed by atoms with Gasteiger partial charge in [0.15, 0.2) is 0 Å². The quantitative estimate of drug-likeness (QED) is 0.648. The first-order valence-electron chi connectivity index (χ1n) is 6.49. The van der Waals surface area contributed by atoms with Gasteiger partial charge < -0.3 is 15.7 Å². The Bertz CT molecular complexity index is 257. The Hall–Kier alpha value is -0.610. The van der Waals surface area contributed by atoms with Crippen molar-refractivity contribution in [2.75, 3.05) is 13.1 Å². The van der Waals surface area contributed by atoms with E-state index >= 15 is 0 Å². The summed E-state index contributed by atoms with van der Waals surface area (Å²) >= 11 is 0. The summed E-state index contributed by atoms with van der Waals surface area (Å²) in [5, 5.41) is 15.8. The lowest BCUT2D eigenvalue weighted by atomic mass is 9.96. The minimum Gasteiger partial charge on any atom is -0.382 e. The third kappa shape index (κ3) is 6.03. The molecule has 4 heteroatoms. The van der Waals surface area contributed by atoms with Gasteiger partial charge >= 0.3 is 0 Å². The zero-order chi connectivity index (χ0) is 13.1. The molecule has 4 nitrogen and oxygen atoms in total. The van der Waals surface area contributed by atoms with Crippen molar-refractivity contribution in [2.45, 2.75) is 52.7 Å². The number of rotatable bonds is 6. The number of aliphatic hydroxyl groups excluding tert-OH is 1. The number of hydrogen-bond donors (Lipinski definition) is 3. The van der Waals surface area contributed by atoms with Crippen LogP contribution < -0.4 is 10.6 Å². The van der Waals surface area contributed by atoms with Crippen molar-refractivity contribution in [1.29, 1.82) is 0 Å². The number of nitrogens with one attached hydrogen (secondary N) is 2. The van der Waals surface area contributed by atoms with Crippen LogP contribution in [0.1, 0.15) is 40.5 Å². The molecule has 0 radical (unpaired) electrons. The summed E-state index contributed by atoms with van der Waals surface area (Å²) in [6.45, 7) is 9.68. The second-order valence-electron chi connectivity index (χ2n) is 6.36. The van der Waals surface area contributed by atoms with Crippen molar-refractivity contribution in [3.63, 3.8) is 0 Å². The van der Waals surface area contributed by atoms with E-state index in [0.29, 0.717) is 12.5 Å². The van der Waals surface area contributed by atoms with Crippen LogP contribution in [0.15, 0.2) is 0 Å². The fourth-order valence-electron chi connectivity index (χ4n) is 1.48. The molecular formula is C13H26N2O2. The first-order valence-corrected chi connectivity index (χ1v) is 6.49. The normalized spacial score (nSPS) is 19.8. The van der Waals surface area contributed by atoms with Crippen molar-refractivity contribution in [3.05, 3.63) is 0 Å². The summed E-state index contributed by atoms with van der Waals surface area (Å²) in [5.41, 5.74) is 0.151. The van der Waals surface area contributed by atoms with Gasteiger partial charge in [0.25, 0.3) is 0 Å². The summed E-state index contributed by atoms with van der Waals surface area (Å²) < 4.78 is 0. The number of carbonyl (C=O) groups excluding carboxylic acids is 1. The second kappa shape index (κ2) is 5.83. The molecule has 0 spiro atoms. The molecule has 1 aliphatic carbocycles. The van der Waals surface area contributed by atoms with Gasteiger partial charge in [0.1, 0.15) is 6.10 Å². The van der Waals surface area contributed by atoms with E-state index < -0.39 is 6.10 Å². The average Bonchev–Trinajstić information content (AvgIpc) is 3.04. The SMILES string of the molecule is CC(NCC(C)(C)C)C(O)C(=O)NCC1CC1. The highest BCUT2D eigenvalue weighted by Crippen LogP contribution is 2.27. The molecule has 3 N–H and O–H groups in total. The molecule has 17 heavy (non-hydrogen) atoms. The van der Waals surface area contributed by atoms with Crippen molar-refractivity contribution in [2.24, 2.45) is 11.3 Å². The van der Waals surface area contributed by atoms with E-state index in [4.69, 9.17) is 0 Å². The maximum atomic E-state index is 11.6. The van der Waals surface area contributed by atoms with Gasteiger partial charge in [0.2, 0.25) is 5.91 Å². The van der Waals surface area contributed by atoms with E-state index in [0.717, 1.165) is 6.54 Å². The maximum Gasteiger partial charge on any atom is 0.250 e. The van der Waals surface area contributed by atoms with Crippen molar-refractivity contribution in [1.82, 2.24) is 10.6 Å². The maximum absolute atomic E-state index is 11.6. The summed E-state index contributed by atoms with van der Waals surface area (Å²) in [6.07, 6.45) is 1.44. The average molecular weight is 242 g/mol. The molecule has 2 unspecified atom stereocenters. The van der Waals surface area contributed by atoms with E-state index in [1.54, 1.807) is 0 Å². The third-order valence-corrected chi connectivity index (χ3v) is 2.96. The van der Waals surface area contributed by atoms with Gasteiger partial charge in [-0.3, -0.25) is 4.79 Å². The summed E-state index contributed by atoms with van der Waals surface area (Å²) in [6, 6.07) is -0.214. The standard InChI is InChI=1S/C13H26N2O2/c1-9(15-8-13(2,3)4)11(16)12(17)14-7-10-5-6-10/h9-11,15-16H,5-8H2,1-4H3,(H,14,17). The van der Waals surface area contributed by atoms with Crippen LogP contribution in [0.4, 0.5) is 0 Å². The van der Waals surface area contributed by atoms with Crippen LogP contribution >= 0.6 is 0 Å². The molecular weight excluding hydrogens is 216 g/mol. The monoisotopic (exact) mass is 242 g/mol. The molecule has 1 rings (SSSR count). The van der Waals surface area contributed by atoms with Crippen LogP contribution in [-0.2, 0) is 4.79 Å². The molecule has 2 atom stereocenters. The first kappa shape index (κ1) is 14.5. The van der Waals surface area contributed by atoms with Crippen LogP contribution in [0.3, 0.4) is 0 Å². The zero-order valence-electron chi connectivity index (χ0n) is 11.4. The van der Waals surface area contributed by atoms with Crippen molar-refractivity contribution < 1.29 is 9.90 Å². The van der Waals surface area contributed by atoms with Crippen LogP contribution in [0, 0.1) is 11.3 Å². The highest BCUT2D eigenvalue weighted by atomic mass is 16.3. The molecule has 1 saturated carbocycles. The van der Waals surface area contributed by atoms with Crippen molar-refractivity contribution >= 4 is 5.91 Å². The Kier molecular flexibility index (Phi) is 4.95. The molecule has 0 aliphatic heterocycles. The Morgan fingerprint density at radius 1 is 1.41 bits per heavy atom. The molecule has 0 heterocycles. The topological polar surface area (TPSA) is 61.4 Å². The van der Waals surface area contributed by atoms with Gasteiger partial charge in [-0.25, -0.2) is 0 Å². The van der Waals surface area contributed by atoms with Crippen LogP contribution in [-0.4, -0.2) is 36.2 Å².